The quantitative estimate of drug-likeness (QED) is 0.800. The monoisotopic (exact) mass is 325 g/mol. The Balaban J connectivity index is 2.15. The number of carbonyl (C=O) groups is 3. The highest BCUT2D eigenvalue weighted by atomic mass is 79.9. The molecule has 7 heteroatoms. The molecule has 0 unspecified atom stereocenters. The summed E-state index contributed by atoms with van der Waals surface area (Å²) >= 11 is 3.30. The molecular weight excluding hydrogens is 314 g/mol. The predicted molar refractivity (Wildman–Crippen MR) is 72.3 cm³/mol. The van der Waals surface area contributed by atoms with Crippen LogP contribution in [0.2, 0.25) is 0 Å². The zero-order valence-corrected chi connectivity index (χ0v) is 11.6. The van der Waals surface area contributed by atoms with Crippen LogP contribution in [0.15, 0.2) is 28.7 Å². The van der Waals surface area contributed by atoms with Crippen LogP contribution in [-0.2, 0) is 14.4 Å². The molecule has 0 atom stereocenters. The maximum Gasteiger partial charge on any atom is 0.316 e. The molecule has 0 radical (unpaired) electrons. The summed E-state index contributed by atoms with van der Waals surface area (Å²) in [4.78, 5) is 37.2. The minimum Gasteiger partial charge on any atom is -0.368 e. The highest BCUT2D eigenvalue weighted by molar-refractivity contribution is 9.10. The number of nitrogens with two attached hydrogens (primary N) is 1. The van der Waals surface area contributed by atoms with Gasteiger partial charge in [0.25, 0.3) is 0 Å². The van der Waals surface area contributed by atoms with E-state index in [1.54, 1.807) is 24.3 Å². The van der Waals surface area contributed by atoms with Crippen LogP contribution in [0.1, 0.15) is 0 Å². The molecule has 0 aliphatic carbocycles. The van der Waals surface area contributed by atoms with E-state index in [-0.39, 0.29) is 6.54 Å². The summed E-state index contributed by atoms with van der Waals surface area (Å²) in [5, 5.41) is 0. The summed E-state index contributed by atoms with van der Waals surface area (Å²) < 4.78 is 0.891. The molecule has 1 aromatic carbocycles. The van der Waals surface area contributed by atoms with Crippen LogP contribution in [0.25, 0.3) is 0 Å². The Labute approximate surface area is 118 Å². The third-order valence-corrected chi connectivity index (χ3v) is 3.32. The van der Waals surface area contributed by atoms with Gasteiger partial charge in [-0.1, -0.05) is 15.9 Å². The van der Waals surface area contributed by atoms with E-state index in [2.05, 4.69) is 15.9 Å². The molecule has 0 bridgehead atoms. The number of primary amides is 1. The third kappa shape index (κ3) is 2.93. The minimum atomic E-state index is -0.701. The molecule has 1 aliphatic rings. The molecule has 0 saturated carbocycles. The van der Waals surface area contributed by atoms with Gasteiger partial charge in [-0.25, -0.2) is 0 Å². The van der Waals surface area contributed by atoms with Crippen molar-refractivity contribution in [2.45, 2.75) is 0 Å². The van der Waals surface area contributed by atoms with Gasteiger partial charge in [0.05, 0.1) is 6.54 Å². The van der Waals surface area contributed by atoms with Crippen molar-refractivity contribution in [1.82, 2.24) is 4.90 Å². The molecule has 1 aromatic rings. The van der Waals surface area contributed by atoms with Crippen LogP contribution in [0.4, 0.5) is 5.69 Å². The van der Waals surface area contributed by atoms with Crippen LogP contribution < -0.4 is 10.6 Å². The molecule has 0 spiro atoms. The van der Waals surface area contributed by atoms with Crippen LogP contribution in [0, 0.1) is 0 Å². The van der Waals surface area contributed by atoms with Crippen molar-refractivity contribution in [3.05, 3.63) is 28.7 Å². The predicted octanol–water partition coefficient (Wildman–Crippen LogP) is 0.110. The lowest BCUT2D eigenvalue weighted by molar-refractivity contribution is -0.147. The van der Waals surface area contributed by atoms with Gasteiger partial charge in [-0.3, -0.25) is 14.4 Å². The van der Waals surface area contributed by atoms with Gasteiger partial charge in [0.15, 0.2) is 0 Å². The summed E-state index contributed by atoms with van der Waals surface area (Å²) in [6.45, 7) is 0.418. The van der Waals surface area contributed by atoms with Crippen molar-refractivity contribution in [1.29, 1.82) is 0 Å². The van der Waals surface area contributed by atoms with E-state index in [1.165, 1.54) is 9.80 Å². The molecule has 1 saturated heterocycles. The second kappa shape index (κ2) is 5.40. The Morgan fingerprint density at radius 1 is 1.16 bits per heavy atom. The summed E-state index contributed by atoms with van der Waals surface area (Å²) in [7, 11) is 0. The number of carbonyl (C=O) groups excluding carboxylic acids is 3. The average Bonchev–Trinajstić information content (AvgIpc) is 2.36. The highest BCUT2D eigenvalue weighted by Crippen LogP contribution is 2.20. The summed E-state index contributed by atoms with van der Waals surface area (Å²) in [5.41, 5.74) is 5.68. The fourth-order valence-corrected chi connectivity index (χ4v) is 2.15. The Kier molecular flexibility index (Phi) is 3.84. The smallest absolute Gasteiger partial charge is 0.316 e. The Morgan fingerprint density at radius 3 is 2.37 bits per heavy atom. The van der Waals surface area contributed by atoms with E-state index in [0.717, 1.165) is 4.47 Å². The molecule has 2 rings (SSSR count). The number of hydrogen-bond donors (Lipinski definition) is 1. The minimum absolute atomic E-state index is 0.223. The molecular formula is C12H12BrN3O3. The second-order valence-corrected chi connectivity index (χ2v) is 5.04. The van der Waals surface area contributed by atoms with Crippen LogP contribution in [0.3, 0.4) is 0 Å². The lowest BCUT2D eigenvalue weighted by Gasteiger charge is -2.33. The zero-order chi connectivity index (χ0) is 14.0. The van der Waals surface area contributed by atoms with Gasteiger partial charge in [-0.05, 0) is 24.3 Å². The molecule has 1 fully saturated rings. The first-order valence-electron chi connectivity index (χ1n) is 5.63. The van der Waals surface area contributed by atoms with Crippen LogP contribution in [0.5, 0.6) is 0 Å². The van der Waals surface area contributed by atoms with Gasteiger partial charge < -0.3 is 15.5 Å². The van der Waals surface area contributed by atoms with E-state index in [4.69, 9.17) is 5.73 Å². The molecule has 19 heavy (non-hydrogen) atoms. The molecule has 3 amide bonds. The van der Waals surface area contributed by atoms with Gasteiger partial charge >= 0.3 is 11.8 Å². The van der Waals surface area contributed by atoms with Crippen molar-refractivity contribution >= 4 is 39.3 Å². The van der Waals surface area contributed by atoms with Crippen LogP contribution in [-0.4, -0.2) is 42.3 Å². The molecule has 0 aromatic heterocycles. The van der Waals surface area contributed by atoms with E-state index >= 15 is 0 Å². The first-order valence-corrected chi connectivity index (χ1v) is 6.43. The standard InChI is InChI=1S/C12H12BrN3O3/c13-8-1-3-9(4-2-8)16-6-5-15(7-10(14)17)11(18)12(16)19/h1-4H,5-7H2,(H2,14,17). The molecule has 1 heterocycles. The number of halogens is 1. The van der Waals surface area contributed by atoms with E-state index < -0.39 is 17.7 Å². The summed E-state index contributed by atoms with van der Waals surface area (Å²) in [5.74, 6) is -1.97. The molecule has 2 N–H and O–H groups in total. The van der Waals surface area contributed by atoms with E-state index in [9.17, 15) is 14.4 Å². The highest BCUT2D eigenvalue weighted by Gasteiger charge is 2.33. The van der Waals surface area contributed by atoms with E-state index in [0.29, 0.717) is 18.8 Å². The lowest BCUT2D eigenvalue weighted by atomic mass is 10.2. The number of anilines is 1. The fourth-order valence-electron chi connectivity index (χ4n) is 1.88. The van der Waals surface area contributed by atoms with Gasteiger partial charge in [0, 0.05) is 23.2 Å². The van der Waals surface area contributed by atoms with Gasteiger partial charge in [-0.2, -0.15) is 0 Å². The number of benzene rings is 1. The summed E-state index contributed by atoms with van der Waals surface area (Å²) in [6, 6.07) is 7.09. The molecule has 6 nitrogen and oxygen atoms in total. The third-order valence-electron chi connectivity index (χ3n) is 2.79. The SMILES string of the molecule is NC(=O)CN1CCN(c2ccc(Br)cc2)C(=O)C1=O. The summed E-state index contributed by atoms with van der Waals surface area (Å²) in [6.07, 6.45) is 0. The first-order chi connectivity index (χ1) is 8.99. The molecule has 100 valence electrons. The topological polar surface area (TPSA) is 83.7 Å². The average molecular weight is 326 g/mol. The van der Waals surface area contributed by atoms with E-state index in [1.807, 2.05) is 0 Å². The number of hydrogen-bond acceptors (Lipinski definition) is 3. The van der Waals surface area contributed by atoms with Crippen molar-refractivity contribution in [3.8, 4) is 0 Å². The number of rotatable bonds is 3. The normalized spacial score (nSPS) is 15.8. The Hall–Kier alpha value is -1.89. The maximum atomic E-state index is 12.0. The first kappa shape index (κ1) is 13.5. The van der Waals surface area contributed by atoms with Crippen LogP contribution >= 0.6 is 15.9 Å². The number of amides is 3. The van der Waals surface area contributed by atoms with Crippen molar-refractivity contribution < 1.29 is 14.4 Å². The largest absolute Gasteiger partial charge is 0.368 e. The van der Waals surface area contributed by atoms with Gasteiger partial charge in [0.1, 0.15) is 0 Å². The maximum absolute atomic E-state index is 12.0. The van der Waals surface area contributed by atoms with Crippen molar-refractivity contribution in [3.63, 3.8) is 0 Å². The lowest BCUT2D eigenvalue weighted by Crippen LogP contribution is -2.56. The van der Waals surface area contributed by atoms with Crippen molar-refractivity contribution in [2.24, 2.45) is 5.73 Å². The molecule has 1 aliphatic heterocycles. The second-order valence-electron chi connectivity index (χ2n) is 4.13. The number of piperazine rings is 1. The Morgan fingerprint density at radius 2 is 1.79 bits per heavy atom. The van der Waals surface area contributed by atoms with Gasteiger partial charge in [-0.15, -0.1) is 0 Å². The van der Waals surface area contributed by atoms with Crippen molar-refractivity contribution in [2.75, 3.05) is 24.5 Å². The zero-order valence-electron chi connectivity index (χ0n) is 10.0. The fraction of sp³-hybridized carbons (Fsp3) is 0.250. The number of nitrogens with zero attached hydrogens (tertiary/aromatic N) is 2. The Bertz CT molecular complexity index is 530. The van der Waals surface area contributed by atoms with Gasteiger partial charge in [0.2, 0.25) is 5.91 Å².